The average Bonchev–Trinajstić information content (AvgIpc) is 2.48. The maximum atomic E-state index is 13.5. The molecule has 0 heterocycles. The predicted octanol–water partition coefficient (Wildman–Crippen LogP) is 3.86. The van der Waals surface area contributed by atoms with Gasteiger partial charge >= 0.3 is 0 Å². The van der Waals surface area contributed by atoms with E-state index < -0.39 is 0 Å². The average molecular weight is 294 g/mol. The molecule has 0 aliphatic carbocycles. The summed E-state index contributed by atoms with van der Waals surface area (Å²) in [5.74, 6) is 0.461. The van der Waals surface area contributed by atoms with Gasteiger partial charge < -0.3 is 10.1 Å². The molecule has 0 saturated heterocycles. The number of rotatable bonds is 6. The number of hydrogen-bond donors (Lipinski definition) is 1. The van der Waals surface area contributed by atoms with E-state index in [9.17, 15) is 4.39 Å². The van der Waals surface area contributed by atoms with Crippen LogP contribution in [0.4, 0.5) is 4.39 Å². The minimum atomic E-state index is -0.335. The van der Waals surface area contributed by atoms with E-state index in [1.54, 1.807) is 6.07 Å². The number of benzene rings is 2. The minimum absolute atomic E-state index is 0.269. The van der Waals surface area contributed by atoms with Crippen molar-refractivity contribution in [3.05, 3.63) is 65.0 Å². The Kier molecular flexibility index (Phi) is 5.39. The van der Waals surface area contributed by atoms with E-state index in [4.69, 9.17) is 16.3 Å². The normalized spacial score (nSPS) is 10.6. The Labute approximate surface area is 123 Å². The molecule has 0 atom stereocenters. The fourth-order valence-corrected chi connectivity index (χ4v) is 2.10. The summed E-state index contributed by atoms with van der Waals surface area (Å²) in [6.07, 6.45) is 0. The van der Waals surface area contributed by atoms with E-state index in [2.05, 4.69) is 5.32 Å². The molecule has 106 valence electrons. The molecule has 2 nitrogen and oxygen atoms in total. The van der Waals surface area contributed by atoms with Gasteiger partial charge in [0, 0.05) is 19.0 Å². The first-order valence-corrected chi connectivity index (χ1v) is 6.93. The third-order valence-corrected chi connectivity index (χ3v) is 3.36. The van der Waals surface area contributed by atoms with Gasteiger partial charge in [0.25, 0.3) is 0 Å². The molecule has 2 aromatic rings. The molecule has 0 unspecified atom stereocenters. The Morgan fingerprint density at radius 3 is 2.20 bits per heavy atom. The molecular weight excluding hydrogens is 277 g/mol. The van der Waals surface area contributed by atoms with Gasteiger partial charge in [-0.05, 0) is 28.8 Å². The fraction of sp³-hybridized carbons (Fsp3) is 0.250. The van der Waals surface area contributed by atoms with Crippen molar-refractivity contribution in [3.63, 3.8) is 0 Å². The molecular formula is C16H17ClFNO. The Morgan fingerprint density at radius 1 is 1.00 bits per heavy atom. The van der Waals surface area contributed by atoms with Crippen molar-refractivity contribution < 1.29 is 9.13 Å². The van der Waals surface area contributed by atoms with Crippen molar-refractivity contribution in [1.29, 1.82) is 0 Å². The van der Waals surface area contributed by atoms with Crippen molar-refractivity contribution >= 4 is 11.6 Å². The summed E-state index contributed by atoms with van der Waals surface area (Å²) in [5.41, 5.74) is 3.17. The Bertz CT molecular complexity index is 557. The first-order chi connectivity index (χ1) is 9.72. The van der Waals surface area contributed by atoms with E-state index >= 15 is 0 Å². The summed E-state index contributed by atoms with van der Waals surface area (Å²) in [5, 5.41) is 3.28. The van der Waals surface area contributed by atoms with Crippen LogP contribution in [0.1, 0.15) is 16.7 Å². The highest BCUT2D eigenvalue weighted by molar-refractivity contribution is 6.17. The summed E-state index contributed by atoms with van der Waals surface area (Å²) >= 11 is 5.74. The third-order valence-electron chi connectivity index (χ3n) is 3.05. The van der Waals surface area contributed by atoms with Gasteiger partial charge in [-0.1, -0.05) is 30.3 Å². The lowest BCUT2D eigenvalue weighted by Crippen LogP contribution is -2.12. The molecule has 20 heavy (non-hydrogen) atoms. The summed E-state index contributed by atoms with van der Waals surface area (Å²) in [6.45, 7) is 1.34. The molecule has 0 aliphatic heterocycles. The van der Waals surface area contributed by atoms with Crippen LogP contribution in [-0.2, 0) is 19.0 Å². The molecule has 0 fully saturated rings. The molecule has 0 aliphatic rings. The lowest BCUT2D eigenvalue weighted by Gasteiger charge is -2.07. The van der Waals surface area contributed by atoms with Crippen molar-refractivity contribution in [2.75, 3.05) is 7.11 Å². The van der Waals surface area contributed by atoms with Crippen molar-refractivity contribution in [1.82, 2.24) is 5.32 Å². The second kappa shape index (κ2) is 7.27. The first-order valence-electron chi connectivity index (χ1n) is 6.40. The van der Waals surface area contributed by atoms with Gasteiger partial charge in [0.15, 0.2) is 11.6 Å². The molecule has 4 heteroatoms. The number of hydrogen-bond acceptors (Lipinski definition) is 2. The molecule has 0 amide bonds. The number of halogens is 2. The molecule has 0 spiro atoms. The van der Waals surface area contributed by atoms with E-state index in [1.807, 2.05) is 30.3 Å². The number of ether oxygens (including phenoxy) is 1. The SMILES string of the molecule is COc1ccc(CNCc2ccc(CCl)cc2)cc1F. The van der Waals surface area contributed by atoms with Gasteiger partial charge in [-0.15, -0.1) is 11.6 Å². The minimum Gasteiger partial charge on any atom is -0.494 e. The largest absolute Gasteiger partial charge is 0.494 e. The van der Waals surface area contributed by atoms with Crippen LogP contribution in [-0.4, -0.2) is 7.11 Å². The summed E-state index contributed by atoms with van der Waals surface area (Å²) in [7, 11) is 1.46. The highest BCUT2D eigenvalue weighted by Crippen LogP contribution is 2.17. The van der Waals surface area contributed by atoms with Crippen LogP contribution in [0.5, 0.6) is 5.75 Å². The van der Waals surface area contributed by atoms with Crippen LogP contribution in [0.2, 0.25) is 0 Å². The van der Waals surface area contributed by atoms with Crippen LogP contribution in [0.15, 0.2) is 42.5 Å². The van der Waals surface area contributed by atoms with Gasteiger partial charge in [-0.25, -0.2) is 4.39 Å². The maximum Gasteiger partial charge on any atom is 0.165 e. The van der Waals surface area contributed by atoms with Gasteiger partial charge in [0.2, 0.25) is 0 Å². The summed E-state index contributed by atoms with van der Waals surface area (Å²) in [6, 6.07) is 13.1. The topological polar surface area (TPSA) is 21.3 Å². The maximum absolute atomic E-state index is 13.5. The van der Waals surface area contributed by atoms with Crippen LogP contribution < -0.4 is 10.1 Å². The molecule has 0 aromatic heterocycles. The number of alkyl halides is 1. The lowest BCUT2D eigenvalue weighted by molar-refractivity contribution is 0.386. The van der Waals surface area contributed by atoms with Crippen molar-refractivity contribution in [2.45, 2.75) is 19.0 Å². The van der Waals surface area contributed by atoms with Crippen LogP contribution in [0.3, 0.4) is 0 Å². The zero-order chi connectivity index (χ0) is 14.4. The Morgan fingerprint density at radius 2 is 1.60 bits per heavy atom. The first kappa shape index (κ1) is 14.8. The summed E-state index contributed by atoms with van der Waals surface area (Å²) < 4.78 is 18.4. The predicted molar refractivity (Wildman–Crippen MR) is 79.5 cm³/mol. The van der Waals surface area contributed by atoms with Crippen molar-refractivity contribution in [3.8, 4) is 5.75 Å². The molecule has 2 rings (SSSR count). The zero-order valence-corrected chi connectivity index (χ0v) is 12.1. The standard InChI is InChI=1S/C16H17ClFNO/c1-20-16-7-6-14(8-15(16)18)11-19-10-13-4-2-12(9-17)3-5-13/h2-8,19H,9-11H2,1H3. The second-order valence-electron chi connectivity index (χ2n) is 4.52. The number of methoxy groups -OCH3 is 1. The molecule has 0 bridgehead atoms. The van der Waals surface area contributed by atoms with Gasteiger partial charge in [0.05, 0.1) is 7.11 Å². The highest BCUT2D eigenvalue weighted by Gasteiger charge is 2.03. The second-order valence-corrected chi connectivity index (χ2v) is 4.79. The number of nitrogens with one attached hydrogen (secondary N) is 1. The molecule has 1 N–H and O–H groups in total. The van der Waals surface area contributed by atoms with Crippen LogP contribution >= 0.6 is 11.6 Å². The Balaban J connectivity index is 1.87. The van der Waals surface area contributed by atoms with Gasteiger partial charge in [-0.3, -0.25) is 0 Å². The molecule has 2 aromatic carbocycles. The van der Waals surface area contributed by atoms with Crippen LogP contribution in [0, 0.1) is 5.82 Å². The molecule has 0 saturated carbocycles. The molecule has 0 radical (unpaired) electrons. The van der Waals surface area contributed by atoms with E-state index in [0.717, 1.165) is 17.7 Å². The lowest BCUT2D eigenvalue weighted by atomic mass is 10.1. The van der Waals surface area contributed by atoms with Crippen molar-refractivity contribution in [2.24, 2.45) is 0 Å². The van der Waals surface area contributed by atoms with E-state index in [0.29, 0.717) is 12.4 Å². The van der Waals surface area contributed by atoms with Gasteiger partial charge in [-0.2, -0.15) is 0 Å². The van der Waals surface area contributed by atoms with E-state index in [-0.39, 0.29) is 11.6 Å². The van der Waals surface area contributed by atoms with Crippen LogP contribution in [0.25, 0.3) is 0 Å². The van der Waals surface area contributed by atoms with E-state index in [1.165, 1.54) is 18.7 Å². The zero-order valence-electron chi connectivity index (χ0n) is 11.3. The van der Waals surface area contributed by atoms with Gasteiger partial charge in [0.1, 0.15) is 0 Å². The summed E-state index contributed by atoms with van der Waals surface area (Å²) in [4.78, 5) is 0. The smallest absolute Gasteiger partial charge is 0.165 e. The monoisotopic (exact) mass is 293 g/mol. The Hall–Kier alpha value is -1.58. The fourth-order valence-electron chi connectivity index (χ4n) is 1.92. The quantitative estimate of drug-likeness (QED) is 0.817. The highest BCUT2D eigenvalue weighted by atomic mass is 35.5. The third kappa shape index (κ3) is 3.95.